The van der Waals surface area contributed by atoms with Gasteiger partial charge in [-0.25, -0.2) is 4.39 Å². The standard InChI is InChI=1S/C21H23FN4O3/c1-3-14-6-5-7-16(22)18(14)15(4-2)19(27)21(29)26-12-10-25(11-13-26)20(28)17-8-9-23-24-17/h4-9H,3,10-13H2,1-2H3,(H,23,24)/b15-4+. The van der Waals surface area contributed by atoms with Crippen molar-refractivity contribution in [3.8, 4) is 0 Å². The van der Waals surface area contributed by atoms with Gasteiger partial charge in [-0.15, -0.1) is 0 Å². The normalized spacial score (nSPS) is 14.8. The highest BCUT2D eigenvalue weighted by molar-refractivity contribution is 6.53. The van der Waals surface area contributed by atoms with Crippen molar-refractivity contribution in [2.75, 3.05) is 26.2 Å². The molecule has 0 aliphatic carbocycles. The summed E-state index contributed by atoms with van der Waals surface area (Å²) in [4.78, 5) is 41.0. The highest BCUT2D eigenvalue weighted by Crippen LogP contribution is 2.25. The number of aromatic amines is 1. The lowest BCUT2D eigenvalue weighted by Gasteiger charge is -2.34. The maximum absolute atomic E-state index is 14.4. The first-order valence-electron chi connectivity index (χ1n) is 9.54. The van der Waals surface area contributed by atoms with E-state index in [9.17, 15) is 18.8 Å². The number of amides is 2. The maximum atomic E-state index is 14.4. The summed E-state index contributed by atoms with van der Waals surface area (Å²) in [7, 11) is 0. The van der Waals surface area contributed by atoms with Crippen LogP contribution in [0.5, 0.6) is 0 Å². The molecular formula is C21H23FN4O3. The third-order valence-electron chi connectivity index (χ3n) is 5.05. The lowest BCUT2D eigenvalue weighted by Crippen LogP contribution is -2.52. The minimum atomic E-state index is -0.737. The molecule has 0 bridgehead atoms. The van der Waals surface area contributed by atoms with Gasteiger partial charge in [-0.1, -0.05) is 25.1 Å². The number of carbonyl (C=O) groups excluding carboxylic acids is 3. The van der Waals surface area contributed by atoms with Gasteiger partial charge >= 0.3 is 0 Å². The number of ketones is 1. The minimum absolute atomic E-state index is 0.0694. The number of allylic oxidation sites excluding steroid dienone is 1. The van der Waals surface area contributed by atoms with Crippen LogP contribution in [0.4, 0.5) is 4.39 Å². The molecule has 1 aliphatic rings. The number of halogens is 1. The van der Waals surface area contributed by atoms with Crippen molar-refractivity contribution in [1.29, 1.82) is 0 Å². The first-order chi connectivity index (χ1) is 14.0. The molecule has 0 unspecified atom stereocenters. The number of hydrogen-bond acceptors (Lipinski definition) is 4. The molecule has 1 saturated heterocycles. The van der Waals surface area contributed by atoms with Crippen molar-refractivity contribution in [3.63, 3.8) is 0 Å². The quantitative estimate of drug-likeness (QED) is 0.617. The molecule has 7 nitrogen and oxygen atoms in total. The first kappa shape index (κ1) is 20.4. The average molecular weight is 398 g/mol. The fourth-order valence-corrected chi connectivity index (χ4v) is 3.47. The summed E-state index contributed by atoms with van der Waals surface area (Å²) >= 11 is 0. The van der Waals surface area contributed by atoms with Crippen molar-refractivity contribution in [2.24, 2.45) is 0 Å². The molecule has 1 aromatic carbocycles. The molecule has 0 atom stereocenters. The van der Waals surface area contributed by atoms with E-state index in [-0.39, 0.29) is 30.1 Å². The van der Waals surface area contributed by atoms with Crippen LogP contribution in [0, 0.1) is 5.82 Å². The van der Waals surface area contributed by atoms with E-state index in [1.165, 1.54) is 17.0 Å². The zero-order valence-corrected chi connectivity index (χ0v) is 16.4. The molecular weight excluding hydrogens is 375 g/mol. The lowest BCUT2D eigenvalue weighted by atomic mass is 9.93. The van der Waals surface area contributed by atoms with Gasteiger partial charge in [0.25, 0.3) is 17.6 Å². The number of hydrogen-bond donors (Lipinski definition) is 1. The summed E-state index contributed by atoms with van der Waals surface area (Å²) < 4.78 is 14.4. The monoisotopic (exact) mass is 398 g/mol. The Balaban J connectivity index is 1.71. The number of carbonyl (C=O) groups is 3. The SMILES string of the molecule is C/C=C(/C(=O)C(=O)N1CCN(C(=O)c2cc[nH]n2)CC1)c1c(F)cccc1CC. The molecule has 0 saturated carbocycles. The smallest absolute Gasteiger partial charge is 0.295 e. The van der Waals surface area contributed by atoms with Crippen molar-refractivity contribution < 1.29 is 18.8 Å². The lowest BCUT2D eigenvalue weighted by molar-refractivity contribution is -0.142. The Morgan fingerprint density at radius 3 is 2.41 bits per heavy atom. The van der Waals surface area contributed by atoms with Gasteiger partial charge in [0.05, 0.1) is 0 Å². The van der Waals surface area contributed by atoms with Crippen LogP contribution in [-0.4, -0.2) is 63.8 Å². The van der Waals surface area contributed by atoms with Gasteiger partial charge in [-0.3, -0.25) is 19.5 Å². The predicted octanol–water partition coefficient (Wildman–Crippen LogP) is 2.07. The van der Waals surface area contributed by atoms with E-state index in [2.05, 4.69) is 10.2 Å². The van der Waals surface area contributed by atoms with Crippen molar-refractivity contribution in [2.45, 2.75) is 20.3 Å². The van der Waals surface area contributed by atoms with Gasteiger partial charge in [0.1, 0.15) is 11.5 Å². The molecule has 29 heavy (non-hydrogen) atoms. The molecule has 0 spiro atoms. The van der Waals surface area contributed by atoms with E-state index >= 15 is 0 Å². The largest absolute Gasteiger partial charge is 0.334 e. The second-order valence-corrected chi connectivity index (χ2v) is 6.70. The maximum Gasteiger partial charge on any atom is 0.295 e. The molecule has 2 heterocycles. The fraction of sp³-hybridized carbons (Fsp3) is 0.333. The van der Waals surface area contributed by atoms with Gasteiger partial charge in [0, 0.05) is 43.5 Å². The summed E-state index contributed by atoms with van der Waals surface area (Å²) in [5.41, 5.74) is 1.24. The van der Waals surface area contributed by atoms with Crippen molar-refractivity contribution in [1.82, 2.24) is 20.0 Å². The predicted molar refractivity (Wildman–Crippen MR) is 106 cm³/mol. The minimum Gasteiger partial charge on any atom is -0.334 e. The van der Waals surface area contributed by atoms with Gasteiger partial charge in [0.15, 0.2) is 0 Å². The van der Waals surface area contributed by atoms with Gasteiger partial charge in [0.2, 0.25) is 0 Å². The number of aromatic nitrogens is 2. The zero-order valence-electron chi connectivity index (χ0n) is 16.4. The molecule has 2 amide bonds. The molecule has 2 aromatic rings. The van der Waals surface area contributed by atoms with E-state index < -0.39 is 17.5 Å². The van der Waals surface area contributed by atoms with E-state index in [0.29, 0.717) is 30.8 Å². The molecule has 1 N–H and O–H groups in total. The average Bonchev–Trinajstić information content (AvgIpc) is 3.29. The zero-order chi connectivity index (χ0) is 21.0. The summed E-state index contributed by atoms with van der Waals surface area (Å²) in [5, 5.41) is 6.47. The van der Waals surface area contributed by atoms with E-state index in [4.69, 9.17) is 0 Å². The summed E-state index contributed by atoms with van der Waals surface area (Å²) in [6.45, 7) is 4.55. The Morgan fingerprint density at radius 2 is 1.83 bits per heavy atom. The number of H-pyrrole nitrogens is 1. The molecule has 0 radical (unpaired) electrons. The van der Waals surface area contributed by atoms with Crippen molar-refractivity contribution in [3.05, 3.63) is 59.2 Å². The molecule has 152 valence electrons. The highest BCUT2D eigenvalue weighted by atomic mass is 19.1. The fourth-order valence-electron chi connectivity index (χ4n) is 3.47. The van der Waals surface area contributed by atoms with Crippen LogP contribution in [0.1, 0.15) is 35.5 Å². The number of Topliss-reactive ketones (excluding diaryl/α,β-unsaturated/α-hetero) is 1. The second kappa shape index (κ2) is 8.81. The van der Waals surface area contributed by atoms with Gasteiger partial charge in [-0.2, -0.15) is 5.10 Å². The summed E-state index contributed by atoms with van der Waals surface area (Å²) in [5.74, 6) is -2.17. The van der Waals surface area contributed by atoms with Crippen LogP contribution in [0.25, 0.3) is 5.57 Å². The first-order valence-corrected chi connectivity index (χ1v) is 9.54. The third-order valence-corrected chi connectivity index (χ3v) is 5.05. The Bertz CT molecular complexity index is 945. The van der Waals surface area contributed by atoms with Crippen LogP contribution >= 0.6 is 0 Å². The van der Waals surface area contributed by atoms with Gasteiger partial charge in [-0.05, 0) is 31.0 Å². The Labute approximate surface area is 168 Å². The van der Waals surface area contributed by atoms with Crippen LogP contribution in [0.15, 0.2) is 36.5 Å². The summed E-state index contributed by atoms with van der Waals surface area (Å²) in [6, 6.07) is 6.21. The van der Waals surface area contributed by atoms with Crippen LogP contribution < -0.4 is 0 Å². The number of nitrogens with one attached hydrogen (secondary N) is 1. The summed E-state index contributed by atoms with van der Waals surface area (Å²) in [6.07, 6.45) is 3.59. The van der Waals surface area contributed by atoms with E-state index in [1.54, 1.807) is 36.2 Å². The molecule has 8 heteroatoms. The Morgan fingerprint density at radius 1 is 1.14 bits per heavy atom. The molecule has 1 aromatic heterocycles. The molecule has 1 aliphatic heterocycles. The second-order valence-electron chi connectivity index (χ2n) is 6.70. The van der Waals surface area contributed by atoms with Crippen LogP contribution in [0.2, 0.25) is 0 Å². The number of benzene rings is 1. The number of nitrogens with zero attached hydrogens (tertiary/aromatic N) is 3. The molecule has 1 fully saturated rings. The topological polar surface area (TPSA) is 86.4 Å². The number of rotatable bonds is 5. The van der Waals surface area contributed by atoms with Crippen LogP contribution in [0.3, 0.4) is 0 Å². The van der Waals surface area contributed by atoms with E-state index in [0.717, 1.165) is 0 Å². The van der Waals surface area contributed by atoms with E-state index in [1.807, 2.05) is 6.92 Å². The van der Waals surface area contributed by atoms with Crippen LogP contribution in [-0.2, 0) is 16.0 Å². The van der Waals surface area contributed by atoms with Gasteiger partial charge < -0.3 is 9.80 Å². The highest BCUT2D eigenvalue weighted by Gasteiger charge is 2.31. The number of aryl methyl sites for hydroxylation is 1. The molecule has 3 rings (SSSR count). The number of piperazine rings is 1. The Kier molecular flexibility index (Phi) is 6.21. The third kappa shape index (κ3) is 4.11. The van der Waals surface area contributed by atoms with Crippen molar-refractivity contribution >= 4 is 23.2 Å². The Hall–Kier alpha value is -3.29.